The van der Waals surface area contributed by atoms with E-state index < -0.39 is 6.10 Å². The number of methoxy groups -OCH3 is 1. The van der Waals surface area contributed by atoms with E-state index in [1.54, 1.807) is 7.11 Å². The van der Waals surface area contributed by atoms with Gasteiger partial charge in [-0.05, 0) is 37.5 Å². The number of benzene rings is 1. The van der Waals surface area contributed by atoms with Crippen LogP contribution in [0.2, 0.25) is 0 Å². The molecule has 0 radical (unpaired) electrons. The van der Waals surface area contributed by atoms with Crippen LogP contribution in [-0.4, -0.2) is 61.8 Å². The number of guanidine groups is 1. The van der Waals surface area contributed by atoms with Crippen molar-refractivity contribution in [1.82, 2.24) is 15.5 Å². The minimum absolute atomic E-state index is 0. The fourth-order valence-electron chi connectivity index (χ4n) is 3.09. The largest absolute Gasteiger partial charge is 0.497 e. The molecule has 0 amide bonds. The van der Waals surface area contributed by atoms with Crippen molar-refractivity contribution in [3.8, 4) is 5.75 Å². The molecule has 1 heterocycles. The zero-order valence-electron chi connectivity index (χ0n) is 16.4. The van der Waals surface area contributed by atoms with Crippen molar-refractivity contribution >= 4 is 29.9 Å². The lowest BCUT2D eigenvalue weighted by atomic mass is 10.1. The number of ether oxygens (including phenoxy) is 1. The van der Waals surface area contributed by atoms with Gasteiger partial charge in [0.25, 0.3) is 0 Å². The maximum Gasteiger partial charge on any atom is 0.191 e. The summed E-state index contributed by atoms with van der Waals surface area (Å²) >= 11 is 0. The van der Waals surface area contributed by atoms with Gasteiger partial charge in [-0.15, -0.1) is 30.6 Å². The normalized spacial score (nSPS) is 16.9. The van der Waals surface area contributed by atoms with E-state index in [4.69, 9.17) is 4.74 Å². The summed E-state index contributed by atoms with van der Waals surface area (Å²) in [5, 5.41) is 17.2. The van der Waals surface area contributed by atoms with Gasteiger partial charge in [0.1, 0.15) is 5.75 Å². The number of nitrogens with one attached hydrogen (secondary N) is 2. The first-order chi connectivity index (χ1) is 12.7. The number of aliphatic hydroxyl groups excluding tert-OH is 1. The van der Waals surface area contributed by atoms with Gasteiger partial charge in [-0.2, -0.15) is 0 Å². The highest BCUT2D eigenvalue weighted by molar-refractivity contribution is 14.0. The monoisotopic (exact) mass is 488 g/mol. The molecule has 0 spiro atoms. The van der Waals surface area contributed by atoms with Crippen molar-refractivity contribution in [2.75, 3.05) is 39.8 Å². The molecule has 0 saturated carbocycles. The van der Waals surface area contributed by atoms with E-state index in [2.05, 4.69) is 27.1 Å². The first-order valence-corrected chi connectivity index (χ1v) is 9.36. The second-order valence-corrected chi connectivity index (χ2v) is 6.52. The zero-order valence-corrected chi connectivity index (χ0v) is 18.7. The van der Waals surface area contributed by atoms with Crippen LogP contribution in [0.4, 0.5) is 0 Å². The van der Waals surface area contributed by atoms with E-state index in [1.165, 1.54) is 0 Å². The molecule has 0 aliphatic carbocycles. The van der Waals surface area contributed by atoms with Crippen molar-refractivity contribution in [3.05, 3.63) is 42.5 Å². The minimum Gasteiger partial charge on any atom is -0.497 e. The Labute approximate surface area is 180 Å². The fourth-order valence-corrected chi connectivity index (χ4v) is 3.09. The second-order valence-electron chi connectivity index (χ2n) is 6.52. The Kier molecular flexibility index (Phi) is 11.4. The van der Waals surface area contributed by atoms with E-state index in [-0.39, 0.29) is 24.0 Å². The Morgan fingerprint density at radius 2 is 2.19 bits per heavy atom. The Bertz CT molecular complexity index is 589. The predicted molar refractivity (Wildman–Crippen MR) is 122 cm³/mol. The van der Waals surface area contributed by atoms with Gasteiger partial charge in [0.15, 0.2) is 5.96 Å². The fraction of sp³-hybridized carbons (Fsp3) is 0.550. The maximum absolute atomic E-state index is 10.4. The summed E-state index contributed by atoms with van der Waals surface area (Å²) in [6.07, 6.45) is 3.46. The SMILES string of the molecule is C=CCN1CCC(NC(=NCC(O)c2cccc(OC)c2)NCC)CC1.I. The number of halogens is 1. The zero-order chi connectivity index (χ0) is 18.8. The van der Waals surface area contributed by atoms with Crippen LogP contribution in [0, 0.1) is 0 Å². The Hall–Kier alpha value is -1.32. The highest BCUT2D eigenvalue weighted by Crippen LogP contribution is 2.19. The smallest absolute Gasteiger partial charge is 0.191 e. The highest BCUT2D eigenvalue weighted by atomic mass is 127. The topological polar surface area (TPSA) is 69.1 Å². The molecule has 3 N–H and O–H groups in total. The molecule has 1 unspecified atom stereocenters. The number of piperidine rings is 1. The van der Waals surface area contributed by atoms with E-state index in [1.807, 2.05) is 37.3 Å². The van der Waals surface area contributed by atoms with E-state index in [0.29, 0.717) is 12.6 Å². The van der Waals surface area contributed by atoms with Crippen LogP contribution >= 0.6 is 24.0 Å². The summed E-state index contributed by atoms with van der Waals surface area (Å²) in [7, 11) is 1.62. The molecule has 1 aliphatic heterocycles. The minimum atomic E-state index is -0.657. The number of aliphatic imine (C=N–C) groups is 1. The number of hydrogen-bond acceptors (Lipinski definition) is 4. The van der Waals surface area contributed by atoms with Crippen LogP contribution in [-0.2, 0) is 0 Å². The van der Waals surface area contributed by atoms with Gasteiger partial charge in [0.05, 0.1) is 19.8 Å². The predicted octanol–water partition coefficient (Wildman–Crippen LogP) is 2.55. The number of aliphatic hydroxyl groups is 1. The van der Waals surface area contributed by atoms with Gasteiger partial charge in [0, 0.05) is 32.2 Å². The van der Waals surface area contributed by atoms with Crippen molar-refractivity contribution in [2.45, 2.75) is 31.9 Å². The van der Waals surface area contributed by atoms with Crippen molar-refractivity contribution in [2.24, 2.45) is 4.99 Å². The molecule has 27 heavy (non-hydrogen) atoms. The third-order valence-corrected chi connectivity index (χ3v) is 4.56. The van der Waals surface area contributed by atoms with Gasteiger partial charge in [-0.25, -0.2) is 0 Å². The van der Waals surface area contributed by atoms with Gasteiger partial charge in [0.2, 0.25) is 0 Å². The summed E-state index contributed by atoms with van der Waals surface area (Å²) in [6, 6.07) is 7.88. The number of rotatable bonds is 8. The number of likely N-dealkylation sites (tertiary alicyclic amines) is 1. The molecular weight excluding hydrogens is 455 g/mol. The molecule has 2 rings (SSSR count). The molecule has 1 aromatic rings. The lowest BCUT2D eigenvalue weighted by molar-refractivity contribution is 0.186. The molecule has 1 aromatic carbocycles. The molecular formula is C20H33IN4O2. The summed E-state index contributed by atoms with van der Waals surface area (Å²) in [4.78, 5) is 6.97. The number of hydrogen-bond donors (Lipinski definition) is 3. The van der Waals surface area contributed by atoms with Crippen molar-refractivity contribution in [3.63, 3.8) is 0 Å². The second kappa shape index (κ2) is 13.0. The molecule has 6 nitrogen and oxygen atoms in total. The first-order valence-electron chi connectivity index (χ1n) is 9.36. The molecule has 1 saturated heterocycles. The molecule has 0 bridgehead atoms. The van der Waals surface area contributed by atoms with E-state index in [9.17, 15) is 5.11 Å². The maximum atomic E-state index is 10.4. The summed E-state index contributed by atoms with van der Waals surface area (Å²) in [5.41, 5.74) is 0.807. The first kappa shape index (κ1) is 23.7. The van der Waals surface area contributed by atoms with Gasteiger partial charge in [-0.1, -0.05) is 18.2 Å². The van der Waals surface area contributed by atoms with Crippen LogP contribution < -0.4 is 15.4 Å². The quantitative estimate of drug-likeness (QED) is 0.227. The van der Waals surface area contributed by atoms with Crippen LogP contribution in [0.5, 0.6) is 5.75 Å². The van der Waals surface area contributed by atoms with Gasteiger partial charge < -0.3 is 20.5 Å². The summed E-state index contributed by atoms with van der Waals surface area (Å²) < 4.78 is 5.21. The van der Waals surface area contributed by atoms with E-state index >= 15 is 0 Å². The Morgan fingerprint density at radius 1 is 1.44 bits per heavy atom. The summed E-state index contributed by atoms with van der Waals surface area (Å²) in [6.45, 7) is 10.0. The molecule has 1 fully saturated rings. The Morgan fingerprint density at radius 3 is 2.81 bits per heavy atom. The summed E-state index contributed by atoms with van der Waals surface area (Å²) in [5.74, 6) is 1.50. The third-order valence-electron chi connectivity index (χ3n) is 4.56. The average molecular weight is 488 g/mol. The highest BCUT2D eigenvalue weighted by Gasteiger charge is 2.19. The standard InChI is InChI=1S/C20H32N4O2.HI/c1-4-11-24-12-9-17(10-13-24)23-20(21-5-2)22-15-19(25)16-7-6-8-18(14-16)26-3;/h4,6-8,14,17,19,25H,1,5,9-13,15H2,2-3H3,(H2,21,22,23);1H. The van der Waals surface area contributed by atoms with Crippen molar-refractivity contribution in [1.29, 1.82) is 0 Å². The molecule has 0 aromatic heterocycles. The van der Waals surface area contributed by atoms with Crippen LogP contribution in [0.3, 0.4) is 0 Å². The van der Waals surface area contributed by atoms with Crippen LogP contribution in [0.25, 0.3) is 0 Å². The van der Waals surface area contributed by atoms with Crippen LogP contribution in [0.1, 0.15) is 31.4 Å². The number of nitrogens with zero attached hydrogens (tertiary/aromatic N) is 2. The molecule has 152 valence electrons. The van der Waals surface area contributed by atoms with Crippen molar-refractivity contribution < 1.29 is 9.84 Å². The van der Waals surface area contributed by atoms with Gasteiger partial charge in [-0.3, -0.25) is 9.89 Å². The lowest BCUT2D eigenvalue weighted by Gasteiger charge is -2.32. The Balaban J connectivity index is 0.00000364. The molecule has 1 aliphatic rings. The van der Waals surface area contributed by atoms with Gasteiger partial charge >= 0.3 is 0 Å². The third kappa shape index (κ3) is 8.06. The van der Waals surface area contributed by atoms with Crippen LogP contribution in [0.15, 0.2) is 41.9 Å². The lowest BCUT2D eigenvalue weighted by Crippen LogP contribution is -2.48. The average Bonchev–Trinajstić information content (AvgIpc) is 2.67. The van der Waals surface area contributed by atoms with E-state index in [0.717, 1.165) is 56.3 Å². The molecule has 7 heteroatoms. The molecule has 1 atom stereocenters.